The number of carbonyl (C=O) groups excluding carboxylic acids is 1. The second-order valence-electron chi connectivity index (χ2n) is 9.46. The largest absolute Gasteiger partial charge is 0.469 e. The molecule has 1 saturated carbocycles. The molecule has 3 aromatic carbocycles. The Morgan fingerprint density at radius 2 is 1.90 bits per heavy atom. The first-order chi connectivity index (χ1) is 19.2. The molecular formula is C30H20ClFN2O4S2. The minimum atomic E-state index is -4.22. The molecule has 1 aliphatic rings. The summed E-state index contributed by atoms with van der Waals surface area (Å²) in [6.45, 7) is 7.72. The molecule has 0 aliphatic heterocycles. The summed E-state index contributed by atoms with van der Waals surface area (Å²) >= 11 is 7.27. The molecule has 40 heavy (non-hydrogen) atoms. The van der Waals surface area contributed by atoms with Gasteiger partial charge in [0.15, 0.2) is 0 Å². The standard InChI is InChI=1S/C30H20ClFN2O4S2/c1-33-29-22(12-13-39-29)27-25-15-20(32)8-11-26(25)34(40(36,37)21-9-6-19(31)7-10-21)28(27)18-5-3-4-17(14-18)23-16-24(23)30(35)38-2/h3-15,23-24H,16H2,2H3. The van der Waals surface area contributed by atoms with Gasteiger partial charge < -0.3 is 4.74 Å². The summed E-state index contributed by atoms with van der Waals surface area (Å²) < 4.78 is 49.4. The molecule has 1 aliphatic carbocycles. The van der Waals surface area contributed by atoms with Crippen LogP contribution in [0.2, 0.25) is 5.02 Å². The molecule has 5 aromatic rings. The number of carbonyl (C=O) groups is 1. The molecule has 0 N–H and O–H groups in total. The SMILES string of the molecule is [C-]#[N+]c1sccc1-c1c(-c2cccc(C3CC3C(=O)OC)c2)n(S(=O)(=O)c2ccc(Cl)cc2)c2ccc(F)cc12. The maximum absolute atomic E-state index is 14.7. The summed E-state index contributed by atoms with van der Waals surface area (Å²) in [4.78, 5) is 15.8. The molecule has 1 fully saturated rings. The number of thiophene rings is 1. The monoisotopic (exact) mass is 590 g/mol. The number of nitrogens with zero attached hydrogens (tertiary/aromatic N) is 2. The molecule has 0 saturated heterocycles. The number of halogens is 2. The molecule has 0 radical (unpaired) electrons. The minimum Gasteiger partial charge on any atom is -0.469 e. The zero-order valence-electron chi connectivity index (χ0n) is 21.0. The van der Waals surface area contributed by atoms with Gasteiger partial charge in [-0.2, -0.15) is 11.3 Å². The third-order valence-electron chi connectivity index (χ3n) is 7.14. The van der Waals surface area contributed by atoms with Crippen molar-refractivity contribution in [3.05, 3.63) is 106 Å². The molecule has 2 heterocycles. The Bertz CT molecular complexity index is 1960. The van der Waals surface area contributed by atoms with Crippen LogP contribution in [0.25, 0.3) is 38.1 Å². The zero-order chi connectivity index (χ0) is 28.2. The first-order valence-electron chi connectivity index (χ1n) is 12.2. The van der Waals surface area contributed by atoms with Gasteiger partial charge in [0.25, 0.3) is 10.0 Å². The van der Waals surface area contributed by atoms with Crippen molar-refractivity contribution in [3.63, 3.8) is 0 Å². The fourth-order valence-corrected chi connectivity index (χ4v) is 7.56. The summed E-state index contributed by atoms with van der Waals surface area (Å²) in [5.74, 6) is -1.14. The van der Waals surface area contributed by atoms with Crippen LogP contribution in [0.15, 0.2) is 83.1 Å². The van der Waals surface area contributed by atoms with Gasteiger partial charge in [0.2, 0.25) is 5.00 Å². The van der Waals surface area contributed by atoms with E-state index in [1.54, 1.807) is 17.5 Å². The van der Waals surface area contributed by atoms with Gasteiger partial charge in [-0.15, -0.1) is 0 Å². The number of hydrogen-bond donors (Lipinski definition) is 0. The van der Waals surface area contributed by atoms with Crippen LogP contribution in [0.3, 0.4) is 0 Å². The Morgan fingerprint density at radius 3 is 2.62 bits per heavy atom. The fraction of sp³-hybridized carbons (Fsp3) is 0.133. The summed E-state index contributed by atoms with van der Waals surface area (Å²) in [5.41, 5.74) is 2.95. The number of ether oxygens (including phenoxy) is 1. The van der Waals surface area contributed by atoms with Gasteiger partial charge >= 0.3 is 5.97 Å². The third kappa shape index (κ3) is 4.29. The van der Waals surface area contributed by atoms with E-state index >= 15 is 0 Å². The van der Waals surface area contributed by atoms with Crippen LogP contribution >= 0.6 is 22.9 Å². The van der Waals surface area contributed by atoms with E-state index < -0.39 is 15.8 Å². The van der Waals surface area contributed by atoms with E-state index in [0.717, 1.165) is 5.56 Å². The second-order valence-corrected chi connectivity index (χ2v) is 12.6. The number of hydrogen-bond acceptors (Lipinski definition) is 5. The van der Waals surface area contributed by atoms with Crippen molar-refractivity contribution >= 4 is 54.8 Å². The summed E-state index contributed by atoms with van der Waals surface area (Å²) in [6, 6.07) is 18.9. The van der Waals surface area contributed by atoms with E-state index in [0.29, 0.717) is 44.2 Å². The number of benzene rings is 3. The fourth-order valence-electron chi connectivity index (χ4n) is 5.20. The molecule has 0 bridgehead atoms. The molecule has 200 valence electrons. The van der Waals surface area contributed by atoms with Crippen molar-refractivity contribution < 1.29 is 22.3 Å². The lowest BCUT2D eigenvalue weighted by Crippen LogP contribution is -2.14. The highest BCUT2D eigenvalue weighted by molar-refractivity contribution is 7.90. The Hall–Kier alpha value is -3.97. The van der Waals surface area contributed by atoms with Crippen molar-refractivity contribution in [1.82, 2.24) is 3.97 Å². The van der Waals surface area contributed by atoms with Crippen LogP contribution in [0, 0.1) is 18.3 Å². The Balaban J connectivity index is 1.69. The lowest BCUT2D eigenvalue weighted by molar-refractivity contribution is -0.142. The van der Waals surface area contributed by atoms with Crippen LogP contribution in [-0.2, 0) is 19.6 Å². The van der Waals surface area contributed by atoms with Crippen molar-refractivity contribution in [2.45, 2.75) is 17.2 Å². The number of rotatable bonds is 6. The number of esters is 1. The van der Waals surface area contributed by atoms with Crippen molar-refractivity contribution in [1.29, 1.82) is 0 Å². The Kier molecular flexibility index (Phi) is 6.50. The van der Waals surface area contributed by atoms with Gasteiger partial charge in [-0.1, -0.05) is 35.9 Å². The van der Waals surface area contributed by atoms with Crippen molar-refractivity contribution in [3.8, 4) is 22.4 Å². The molecule has 2 atom stereocenters. The number of fused-ring (bicyclic) bond motifs is 1. The number of aromatic nitrogens is 1. The molecule has 2 unspecified atom stereocenters. The second kappa shape index (κ2) is 9.89. The maximum atomic E-state index is 14.7. The van der Waals surface area contributed by atoms with E-state index in [4.69, 9.17) is 22.9 Å². The van der Waals surface area contributed by atoms with Gasteiger partial charge in [-0.05, 0) is 71.8 Å². The average molecular weight is 591 g/mol. The van der Waals surface area contributed by atoms with E-state index in [9.17, 15) is 17.6 Å². The molecule has 10 heteroatoms. The Morgan fingerprint density at radius 1 is 1.12 bits per heavy atom. The van der Waals surface area contributed by atoms with Gasteiger partial charge in [0.1, 0.15) is 5.82 Å². The number of methoxy groups -OCH3 is 1. The van der Waals surface area contributed by atoms with E-state index in [2.05, 4.69) is 4.85 Å². The van der Waals surface area contributed by atoms with Crippen LogP contribution in [0.1, 0.15) is 17.9 Å². The highest BCUT2D eigenvalue weighted by Gasteiger charge is 2.45. The van der Waals surface area contributed by atoms with Crippen LogP contribution in [0.5, 0.6) is 0 Å². The molecule has 6 nitrogen and oxygen atoms in total. The quantitative estimate of drug-likeness (QED) is 0.149. The summed E-state index contributed by atoms with van der Waals surface area (Å²) in [7, 11) is -2.87. The minimum absolute atomic E-state index is 0.00532. The lowest BCUT2D eigenvalue weighted by atomic mass is 9.97. The van der Waals surface area contributed by atoms with Gasteiger partial charge in [0, 0.05) is 27.1 Å². The molecule has 6 rings (SSSR count). The molecule has 0 amide bonds. The van der Waals surface area contributed by atoms with Crippen molar-refractivity contribution in [2.75, 3.05) is 7.11 Å². The molecule has 2 aromatic heterocycles. The summed E-state index contributed by atoms with van der Waals surface area (Å²) in [6.07, 6.45) is 0.632. The third-order valence-corrected chi connectivity index (χ3v) is 9.92. The molecule has 0 spiro atoms. The summed E-state index contributed by atoms with van der Waals surface area (Å²) in [5, 5.41) is 2.86. The molecular weight excluding hydrogens is 571 g/mol. The highest BCUT2D eigenvalue weighted by Crippen LogP contribution is 2.51. The first-order valence-corrected chi connectivity index (χ1v) is 14.9. The normalized spacial score (nSPS) is 16.6. The zero-order valence-corrected chi connectivity index (χ0v) is 23.4. The predicted octanol–water partition coefficient (Wildman–Crippen LogP) is 7.89. The Labute approximate surface area is 239 Å². The topological polar surface area (TPSA) is 69.7 Å². The first kappa shape index (κ1) is 26.3. The lowest BCUT2D eigenvalue weighted by Gasteiger charge is -2.15. The van der Waals surface area contributed by atoms with Crippen LogP contribution in [-0.4, -0.2) is 25.5 Å². The maximum Gasteiger partial charge on any atom is 0.309 e. The van der Waals surface area contributed by atoms with Crippen molar-refractivity contribution in [2.24, 2.45) is 5.92 Å². The van der Waals surface area contributed by atoms with E-state index in [-0.39, 0.29) is 28.2 Å². The van der Waals surface area contributed by atoms with Gasteiger partial charge in [0.05, 0.1) is 35.7 Å². The van der Waals surface area contributed by atoms with Crippen LogP contribution in [0.4, 0.5) is 9.39 Å². The van der Waals surface area contributed by atoms with E-state index in [1.807, 2.05) is 18.2 Å². The van der Waals surface area contributed by atoms with Gasteiger partial charge in [-0.25, -0.2) is 21.6 Å². The smallest absolute Gasteiger partial charge is 0.309 e. The highest BCUT2D eigenvalue weighted by atomic mass is 35.5. The van der Waals surface area contributed by atoms with Gasteiger partial charge in [-0.3, -0.25) is 4.79 Å². The predicted molar refractivity (Wildman–Crippen MR) is 154 cm³/mol. The average Bonchev–Trinajstić information content (AvgIpc) is 3.50. The van der Waals surface area contributed by atoms with Crippen LogP contribution < -0.4 is 0 Å². The van der Waals surface area contributed by atoms with E-state index in [1.165, 1.54) is 64.9 Å².